The number of hydrogen-bond donors (Lipinski definition) is 2. The SMILES string of the molecule is O=C(CCc1cccc(Cl)c1Cl)NCCO. The molecule has 0 saturated heterocycles. The molecule has 0 aromatic heterocycles. The highest BCUT2D eigenvalue weighted by Crippen LogP contribution is 2.26. The van der Waals surface area contributed by atoms with Crippen molar-refractivity contribution < 1.29 is 9.90 Å². The zero-order valence-corrected chi connectivity index (χ0v) is 10.2. The summed E-state index contributed by atoms with van der Waals surface area (Å²) in [5, 5.41) is 12.1. The number of amides is 1. The fourth-order valence-corrected chi connectivity index (χ4v) is 1.69. The van der Waals surface area contributed by atoms with Gasteiger partial charge in [-0.25, -0.2) is 0 Å². The molecule has 0 heterocycles. The Kier molecular flexibility index (Phi) is 5.60. The van der Waals surface area contributed by atoms with Crippen LogP contribution in [-0.2, 0) is 11.2 Å². The zero-order chi connectivity index (χ0) is 12.0. The molecule has 0 unspecified atom stereocenters. The maximum absolute atomic E-state index is 11.3. The minimum Gasteiger partial charge on any atom is -0.395 e. The van der Waals surface area contributed by atoms with Gasteiger partial charge in [-0.3, -0.25) is 4.79 Å². The van der Waals surface area contributed by atoms with Gasteiger partial charge < -0.3 is 10.4 Å². The highest BCUT2D eigenvalue weighted by Gasteiger charge is 2.06. The number of rotatable bonds is 5. The lowest BCUT2D eigenvalue weighted by molar-refractivity contribution is -0.121. The van der Waals surface area contributed by atoms with Gasteiger partial charge in [0.15, 0.2) is 0 Å². The number of carbonyl (C=O) groups is 1. The first-order chi connectivity index (χ1) is 7.65. The molecule has 0 fully saturated rings. The molecular weight excluding hydrogens is 249 g/mol. The van der Waals surface area contributed by atoms with Gasteiger partial charge in [0.05, 0.1) is 16.7 Å². The molecule has 16 heavy (non-hydrogen) atoms. The topological polar surface area (TPSA) is 49.3 Å². The Morgan fingerprint density at radius 3 is 2.81 bits per heavy atom. The summed E-state index contributed by atoms with van der Waals surface area (Å²) in [5.74, 6) is -0.106. The zero-order valence-electron chi connectivity index (χ0n) is 8.67. The normalized spacial score (nSPS) is 10.2. The van der Waals surface area contributed by atoms with Crippen LogP contribution >= 0.6 is 23.2 Å². The van der Waals surface area contributed by atoms with Crippen molar-refractivity contribution in [1.29, 1.82) is 0 Å². The van der Waals surface area contributed by atoms with Crippen molar-refractivity contribution in [2.45, 2.75) is 12.8 Å². The summed E-state index contributed by atoms with van der Waals surface area (Å²) in [7, 11) is 0. The second-order valence-corrected chi connectivity index (χ2v) is 4.07. The molecule has 3 nitrogen and oxygen atoms in total. The molecule has 1 aromatic carbocycles. The molecule has 5 heteroatoms. The number of aliphatic hydroxyl groups excluding tert-OH is 1. The molecule has 1 rings (SSSR count). The molecule has 0 saturated carbocycles. The number of aryl methyl sites for hydroxylation is 1. The van der Waals surface area contributed by atoms with Crippen molar-refractivity contribution in [3.63, 3.8) is 0 Å². The Bertz CT molecular complexity index is 369. The molecule has 0 aliphatic heterocycles. The van der Waals surface area contributed by atoms with Crippen LogP contribution < -0.4 is 5.32 Å². The van der Waals surface area contributed by atoms with Gasteiger partial charge in [-0.15, -0.1) is 0 Å². The molecule has 0 atom stereocenters. The molecule has 0 radical (unpaired) electrons. The van der Waals surface area contributed by atoms with E-state index in [1.54, 1.807) is 12.1 Å². The number of benzene rings is 1. The van der Waals surface area contributed by atoms with Crippen LogP contribution in [0.1, 0.15) is 12.0 Å². The Balaban J connectivity index is 2.48. The first-order valence-corrected chi connectivity index (χ1v) is 5.71. The molecule has 0 aliphatic rings. The monoisotopic (exact) mass is 261 g/mol. The molecule has 1 aromatic rings. The van der Waals surface area contributed by atoms with E-state index in [2.05, 4.69) is 5.32 Å². The van der Waals surface area contributed by atoms with E-state index >= 15 is 0 Å². The summed E-state index contributed by atoms with van der Waals surface area (Å²) < 4.78 is 0. The third kappa shape index (κ3) is 4.00. The fraction of sp³-hybridized carbons (Fsp3) is 0.364. The smallest absolute Gasteiger partial charge is 0.220 e. The maximum atomic E-state index is 11.3. The molecule has 0 bridgehead atoms. The first-order valence-electron chi connectivity index (χ1n) is 4.95. The van der Waals surface area contributed by atoms with Crippen LogP contribution in [0.3, 0.4) is 0 Å². The minimum absolute atomic E-state index is 0.0519. The highest BCUT2D eigenvalue weighted by molar-refractivity contribution is 6.42. The van der Waals surface area contributed by atoms with E-state index in [4.69, 9.17) is 28.3 Å². The maximum Gasteiger partial charge on any atom is 0.220 e. The number of carbonyl (C=O) groups excluding carboxylic acids is 1. The third-order valence-electron chi connectivity index (χ3n) is 2.09. The van der Waals surface area contributed by atoms with Gasteiger partial charge >= 0.3 is 0 Å². The second kappa shape index (κ2) is 6.74. The Morgan fingerprint density at radius 1 is 1.38 bits per heavy atom. The predicted molar refractivity (Wildman–Crippen MR) is 64.9 cm³/mol. The number of nitrogens with one attached hydrogen (secondary N) is 1. The Morgan fingerprint density at radius 2 is 2.12 bits per heavy atom. The molecule has 0 aliphatic carbocycles. The lowest BCUT2D eigenvalue weighted by Gasteiger charge is -2.06. The Labute approximate surface area is 104 Å². The van der Waals surface area contributed by atoms with E-state index in [0.717, 1.165) is 5.56 Å². The summed E-state index contributed by atoms with van der Waals surface area (Å²) in [5.41, 5.74) is 0.855. The molecule has 1 amide bonds. The van der Waals surface area contributed by atoms with Crippen LogP contribution in [0.4, 0.5) is 0 Å². The lowest BCUT2D eigenvalue weighted by atomic mass is 10.1. The standard InChI is InChI=1S/C11H13Cl2NO2/c12-9-3-1-2-8(11(9)13)4-5-10(16)14-6-7-15/h1-3,15H,4-7H2,(H,14,16). The van der Waals surface area contributed by atoms with Crippen LogP contribution in [0, 0.1) is 0 Å². The van der Waals surface area contributed by atoms with Gasteiger partial charge in [0.2, 0.25) is 5.91 Å². The van der Waals surface area contributed by atoms with Crippen LogP contribution in [0.2, 0.25) is 10.0 Å². The predicted octanol–water partition coefficient (Wildman–Crippen LogP) is 2.03. The number of hydrogen-bond acceptors (Lipinski definition) is 2. The van der Waals surface area contributed by atoms with E-state index in [9.17, 15) is 4.79 Å². The van der Waals surface area contributed by atoms with Crippen molar-refractivity contribution in [3.8, 4) is 0 Å². The summed E-state index contributed by atoms with van der Waals surface area (Å²) in [4.78, 5) is 11.3. The molecule has 88 valence electrons. The van der Waals surface area contributed by atoms with Crippen LogP contribution in [-0.4, -0.2) is 24.2 Å². The number of aliphatic hydroxyl groups is 1. The van der Waals surface area contributed by atoms with E-state index < -0.39 is 0 Å². The van der Waals surface area contributed by atoms with Crippen molar-refractivity contribution in [2.24, 2.45) is 0 Å². The van der Waals surface area contributed by atoms with Crippen LogP contribution in [0.5, 0.6) is 0 Å². The van der Waals surface area contributed by atoms with Gasteiger partial charge in [-0.2, -0.15) is 0 Å². The second-order valence-electron chi connectivity index (χ2n) is 3.29. The van der Waals surface area contributed by atoms with E-state index in [-0.39, 0.29) is 19.1 Å². The molecular formula is C11H13Cl2NO2. The molecule has 2 N–H and O–H groups in total. The van der Waals surface area contributed by atoms with Crippen molar-refractivity contribution in [1.82, 2.24) is 5.32 Å². The van der Waals surface area contributed by atoms with E-state index in [1.807, 2.05) is 6.07 Å². The highest BCUT2D eigenvalue weighted by atomic mass is 35.5. The van der Waals surface area contributed by atoms with Gasteiger partial charge in [0.1, 0.15) is 0 Å². The largest absolute Gasteiger partial charge is 0.395 e. The van der Waals surface area contributed by atoms with Crippen LogP contribution in [0.25, 0.3) is 0 Å². The quantitative estimate of drug-likeness (QED) is 0.853. The van der Waals surface area contributed by atoms with Crippen molar-refractivity contribution >= 4 is 29.1 Å². The summed E-state index contributed by atoms with van der Waals surface area (Å²) in [6, 6.07) is 5.35. The van der Waals surface area contributed by atoms with Gasteiger partial charge in [0.25, 0.3) is 0 Å². The van der Waals surface area contributed by atoms with Crippen molar-refractivity contribution in [3.05, 3.63) is 33.8 Å². The van der Waals surface area contributed by atoms with E-state index in [0.29, 0.717) is 22.9 Å². The lowest BCUT2D eigenvalue weighted by Crippen LogP contribution is -2.26. The minimum atomic E-state index is -0.106. The Hall–Kier alpha value is -0.770. The fourth-order valence-electron chi connectivity index (χ4n) is 1.27. The summed E-state index contributed by atoms with van der Waals surface area (Å²) in [6.45, 7) is 0.228. The van der Waals surface area contributed by atoms with Crippen LogP contribution in [0.15, 0.2) is 18.2 Å². The van der Waals surface area contributed by atoms with Gasteiger partial charge in [-0.1, -0.05) is 35.3 Å². The number of halogens is 2. The summed E-state index contributed by atoms with van der Waals surface area (Å²) >= 11 is 11.8. The van der Waals surface area contributed by atoms with Gasteiger partial charge in [-0.05, 0) is 18.1 Å². The van der Waals surface area contributed by atoms with Gasteiger partial charge in [0, 0.05) is 13.0 Å². The average molecular weight is 262 g/mol. The van der Waals surface area contributed by atoms with E-state index in [1.165, 1.54) is 0 Å². The molecule has 0 spiro atoms. The summed E-state index contributed by atoms with van der Waals surface area (Å²) in [6.07, 6.45) is 0.872. The third-order valence-corrected chi connectivity index (χ3v) is 2.94. The average Bonchev–Trinajstić information content (AvgIpc) is 2.28. The first kappa shape index (κ1) is 13.3. The van der Waals surface area contributed by atoms with Crippen molar-refractivity contribution in [2.75, 3.05) is 13.2 Å².